The quantitative estimate of drug-likeness (QED) is 0.101. The summed E-state index contributed by atoms with van der Waals surface area (Å²) in [6, 6.07) is 4.59. The minimum atomic E-state index is 1.20. The van der Waals surface area contributed by atoms with Gasteiger partial charge >= 0.3 is 0 Å². The highest BCUT2D eigenvalue weighted by atomic mass is 14.9. The zero-order valence-corrected chi connectivity index (χ0v) is 22.9. The predicted octanol–water partition coefficient (Wildman–Crippen LogP) is 10.5. The lowest BCUT2D eigenvalue weighted by atomic mass is 10.0. The Bertz CT molecular complexity index is 509. The van der Waals surface area contributed by atoms with Gasteiger partial charge in [0.2, 0.25) is 0 Å². The Morgan fingerprint density at radius 3 is 1.33 bits per heavy atom. The number of aryl methyl sites for hydroxylation is 2. The molecule has 0 radical (unpaired) electrons. The van der Waals surface area contributed by atoms with Crippen LogP contribution in [-0.2, 0) is 13.0 Å². The van der Waals surface area contributed by atoms with E-state index >= 15 is 0 Å². The highest BCUT2D eigenvalue weighted by Crippen LogP contribution is 2.14. The van der Waals surface area contributed by atoms with Gasteiger partial charge in [0.15, 0.2) is 12.4 Å². The molecule has 0 saturated heterocycles. The largest absolute Gasteiger partial charge is 0.205 e. The molecule has 0 unspecified atom stereocenters. The van der Waals surface area contributed by atoms with Crippen LogP contribution in [0.3, 0.4) is 0 Å². The second kappa shape index (κ2) is 24.3. The van der Waals surface area contributed by atoms with Gasteiger partial charge in [-0.25, -0.2) is 4.57 Å². The molecule has 33 heavy (non-hydrogen) atoms. The molecule has 0 atom stereocenters. The molecule has 0 aromatic carbocycles. The van der Waals surface area contributed by atoms with Gasteiger partial charge in [-0.3, -0.25) is 0 Å². The second-order valence-corrected chi connectivity index (χ2v) is 10.6. The van der Waals surface area contributed by atoms with Gasteiger partial charge in [0.05, 0.1) is 0 Å². The van der Waals surface area contributed by atoms with Crippen molar-refractivity contribution in [2.45, 2.75) is 174 Å². The Balaban J connectivity index is 1.92. The minimum absolute atomic E-state index is 1.20. The van der Waals surface area contributed by atoms with Crippen molar-refractivity contribution in [1.82, 2.24) is 0 Å². The summed E-state index contributed by atoms with van der Waals surface area (Å²) >= 11 is 0. The Labute approximate surface area is 209 Å². The van der Waals surface area contributed by atoms with Crippen LogP contribution in [0.25, 0.3) is 0 Å². The van der Waals surface area contributed by atoms with Crippen LogP contribution in [0.1, 0.15) is 167 Å². The average Bonchev–Trinajstić information content (AvgIpc) is 2.83. The summed E-state index contributed by atoms with van der Waals surface area (Å²) < 4.78 is 2.43. The van der Waals surface area contributed by atoms with E-state index in [-0.39, 0.29) is 0 Å². The molecule has 0 saturated carbocycles. The van der Waals surface area contributed by atoms with Crippen molar-refractivity contribution < 1.29 is 4.57 Å². The Kier molecular flexibility index (Phi) is 22.2. The third-order valence-electron chi connectivity index (χ3n) is 7.26. The lowest BCUT2D eigenvalue weighted by Crippen LogP contribution is -2.33. The van der Waals surface area contributed by atoms with E-state index in [0.29, 0.717) is 0 Å². The van der Waals surface area contributed by atoms with Crippen molar-refractivity contribution >= 4 is 0 Å². The molecule has 0 amide bonds. The van der Waals surface area contributed by atoms with Gasteiger partial charge in [0, 0.05) is 18.1 Å². The van der Waals surface area contributed by atoms with Gasteiger partial charge in [-0.1, -0.05) is 142 Å². The van der Waals surface area contributed by atoms with Crippen LogP contribution >= 0.6 is 0 Å². The van der Waals surface area contributed by atoms with E-state index in [1.807, 2.05) is 0 Å². The van der Waals surface area contributed by atoms with Gasteiger partial charge in [-0.2, -0.15) is 0 Å². The SMILES string of the molecule is CCCCCCCCCCCCCCCc1ccc[n+](CCCCCCCCCCCC)c1. The fraction of sp³-hybridized carbons (Fsp3) is 0.844. The smallest absolute Gasteiger partial charge is 0.171 e. The van der Waals surface area contributed by atoms with E-state index in [9.17, 15) is 0 Å². The summed E-state index contributed by atoms with van der Waals surface area (Å²) in [4.78, 5) is 0. The van der Waals surface area contributed by atoms with E-state index in [4.69, 9.17) is 0 Å². The molecule has 0 aliphatic heterocycles. The molecular formula is C32H60N+. The van der Waals surface area contributed by atoms with Crippen LogP contribution in [0.15, 0.2) is 24.5 Å². The number of aromatic nitrogens is 1. The van der Waals surface area contributed by atoms with Crippen LogP contribution in [0.2, 0.25) is 0 Å². The second-order valence-electron chi connectivity index (χ2n) is 10.6. The molecule has 1 aromatic rings. The highest BCUT2D eigenvalue weighted by molar-refractivity contribution is 5.05. The van der Waals surface area contributed by atoms with Crippen molar-refractivity contribution in [2.75, 3.05) is 0 Å². The van der Waals surface area contributed by atoms with E-state index < -0.39 is 0 Å². The molecule has 1 aromatic heterocycles. The third kappa shape index (κ3) is 20.3. The maximum atomic E-state index is 2.43. The molecule has 1 nitrogen and oxygen atoms in total. The first-order valence-corrected chi connectivity index (χ1v) is 15.3. The Morgan fingerprint density at radius 2 is 0.879 bits per heavy atom. The topological polar surface area (TPSA) is 3.88 Å². The number of hydrogen-bond acceptors (Lipinski definition) is 0. The van der Waals surface area contributed by atoms with E-state index in [2.05, 4.69) is 42.9 Å². The third-order valence-corrected chi connectivity index (χ3v) is 7.26. The number of pyridine rings is 1. The zero-order chi connectivity index (χ0) is 23.7. The molecule has 0 fully saturated rings. The highest BCUT2D eigenvalue weighted by Gasteiger charge is 2.03. The van der Waals surface area contributed by atoms with Crippen molar-refractivity contribution in [1.29, 1.82) is 0 Å². The molecule has 1 heterocycles. The van der Waals surface area contributed by atoms with Crippen LogP contribution < -0.4 is 4.57 Å². The lowest BCUT2D eigenvalue weighted by molar-refractivity contribution is -0.697. The summed E-state index contributed by atoms with van der Waals surface area (Å²) in [7, 11) is 0. The molecule has 1 heteroatoms. The Morgan fingerprint density at radius 1 is 0.485 bits per heavy atom. The van der Waals surface area contributed by atoms with Gasteiger partial charge in [-0.15, -0.1) is 0 Å². The molecule has 1 rings (SSSR count). The fourth-order valence-corrected chi connectivity index (χ4v) is 4.99. The van der Waals surface area contributed by atoms with Gasteiger partial charge in [0.1, 0.15) is 6.54 Å². The molecule has 192 valence electrons. The minimum Gasteiger partial charge on any atom is -0.205 e. The van der Waals surface area contributed by atoms with Gasteiger partial charge in [0.25, 0.3) is 0 Å². The maximum Gasteiger partial charge on any atom is 0.171 e. The van der Waals surface area contributed by atoms with Crippen molar-refractivity contribution in [3.63, 3.8) is 0 Å². The van der Waals surface area contributed by atoms with E-state index in [0.717, 1.165) is 0 Å². The van der Waals surface area contributed by atoms with Crippen molar-refractivity contribution in [3.05, 3.63) is 30.1 Å². The van der Waals surface area contributed by atoms with Gasteiger partial charge in [-0.05, 0) is 25.3 Å². The number of rotatable bonds is 25. The normalized spacial score (nSPS) is 11.3. The first kappa shape index (κ1) is 30.2. The summed E-state index contributed by atoms with van der Waals surface area (Å²) in [6.07, 6.45) is 38.8. The van der Waals surface area contributed by atoms with E-state index in [1.165, 1.54) is 166 Å². The predicted molar refractivity (Wildman–Crippen MR) is 148 cm³/mol. The van der Waals surface area contributed by atoms with Crippen molar-refractivity contribution in [2.24, 2.45) is 0 Å². The van der Waals surface area contributed by atoms with Crippen molar-refractivity contribution in [3.8, 4) is 0 Å². The molecular weight excluding hydrogens is 398 g/mol. The summed E-state index contributed by atoms with van der Waals surface area (Å²) in [6.45, 7) is 5.80. The average molecular weight is 459 g/mol. The molecule has 0 bridgehead atoms. The molecule has 0 spiro atoms. The maximum absolute atomic E-state index is 2.43. The first-order valence-electron chi connectivity index (χ1n) is 15.3. The standard InChI is InChI=1S/C32H60N/c1-3-5-7-9-11-13-15-16-17-18-20-22-24-27-32-28-26-30-33(31-32)29-25-23-21-19-14-12-10-8-6-4-2/h26,28,30-31H,3-25,27,29H2,1-2H3/q+1. The summed E-state index contributed by atoms with van der Waals surface area (Å²) in [5, 5.41) is 0. The first-order chi connectivity index (χ1) is 16.4. The van der Waals surface area contributed by atoms with E-state index in [1.54, 1.807) is 0 Å². The number of unbranched alkanes of at least 4 members (excludes halogenated alkanes) is 21. The summed E-state index contributed by atoms with van der Waals surface area (Å²) in [5.41, 5.74) is 1.53. The summed E-state index contributed by atoms with van der Waals surface area (Å²) in [5.74, 6) is 0. The zero-order valence-electron chi connectivity index (χ0n) is 22.9. The number of hydrogen-bond donors (Lipinski definition) is 0. The van der Waals surface area contributed by atoms with Gasteiger partial charge < -0.3 is 0 Å². The lowest BCUT2D eigenvalue weighted by Gasteiger charge is -2.04. The van der Waals surface area contributed by atoms with Crippen LogP contribution in [0.4, 0.5) is 0 Å². The van der Waals surface area contributed by atoms with Crippen LogP contribution in [0, 0.1) is 0 Å². The van der Waals surface area contributed by atoms with Crippen LogP contribution in [0.5, 0.6) is 0 Å². The fourth-order valence-electron chi connectivity index (χ4n) is 4.99. The molecule has 0 aliphatic carbocycles. The molecule has 0 N–H and O–H groups in total. The Hall–Kier alpha value is -0.850. The monoisotopic (exact) mass is 458 g/mol. The number of nitrogens with zero attached hydrogens (tertiary/aromatic N) is 1. The van der Waals surface area contributed by atoms with Crippen LogP contribution in [-0.4, -0.2) is 0 Å². The molecule has 0 aliphatic rings.